The number of benzene rings is 2. The smallest absolute Gasteiger partial charge is 0.335 e. The molecule has 0 bridgehead atoms. The SMILES string of the molecule is O=C(O)c1ccc(CN2C=Cc3cnc(C#CCc4ccccc4)cc3S2(=O)=O)cc1. The quantitative estimate of drug-likeness (QED) is 0.640. The molecule has 6 nitrogen and oxygen atoms in total. The van der Waals surface area contributed by atoms with E-state index in [4.69, 9.17) is 5.11 Å². The van der Waals surface area contributed by atoms with Crippen LogP contribution in [-0.2, 0) is 23.0 Å². The van der Waals surface area contributed by atoms with Crippen LogP contribution >= 0.6 is 0 Å². The van der Waals surface area contributed by atoms with Gasteiger partial charge in [0.05, 0.1) is 17.0 Å². The topological polar surface area (TPSA) is 87.6 Å². The van der Waals surface area contributed by atoms with Crippen molar-refractivity contribution < 1.29 is 18.3 Å². The van der Waals surface area contributed by atoms with Crippen LogP contribution in [0.5, 0.6) is 0 Å². The fourth-order valence-electron chi connectivity index (χ4n) is 3.14. The van der Waals surface area contributed by atoms with Crippen molar-refractivity contribution in [1.82, 2.24) is 9.29 Å². The van der Waals surface area contributed by atoms with Gasteiger partial charge in [0, 0.05) is 24.4 Å². The molecule has 1 aliphatic heterocycles. The molecule has 31 heavy (non-hydrogen) atoms. The molecule has 154 valence electrons. The molecule has 0 spiro atoms. The Morgan fingerprint density at radius 3 is 2.48 bits per heavy atom. The summed E-state index contributed by atoms with van der Waals surface area (Å²) in [6.45, 7) is 0.0928. The first kappa shape index (κ1) is 20.4. The van der Waals surface area contributed by atoms with Gasteiger partial charge in [0.25, 0.3) is 10.0 Å². The maximum atomic E-state index is 13.1. The normalized spacial score (nSPS) is 13.7. The Morgan fingerprint density at radius 1 is 1.03 bits per heavy atom. The second kappa shape index (κ2) is 8.46. The van der Waals surface area contributed by atoms with Gasteiger partial charge in [-0.2, -0.15) is 0 Å². The van der Waals surface area contributed by atoms with Gasteiger partial charge < -0.3 is 5.11 Å². The summed E-state index contributed by atoms with van der Waals surface area (Å²) in [5, 5.41) is 9.01. The van der Waals surface area contributed by atoms with E-state index in [0.717, 1.165) is 5.56 Å². The second-order valence-electron chi connectivity index (χ2n) is 6.94. The third kappa shape index (κ3) is 4.49. The Morgan fingerprint density at radius 2 is 1.77 bits per heavy atom. The molecule has 2 aromatic carbocycles. The number of aromatic nitrogens is 1. The van der Waals surface area contributed by atoms with Gasteiger partial charge >= 0.3 is 5.97 Å². The molecular weight excluding hydrogens is 412 g/mol. The van der Waals surface area contributed by atoms with Crippen LogP contribution < -0.4 is 0 Å². The van der Waals surface area contributed by atoms with E-state index in [1.807, 2.05) is 30.3 Å². The van der Waals surface area contributed by atoms with E-state index in [2.05, 4.69) is 16.8 Å². The van der Waals surface area contributed by atoms with Crippen LogP contribution in [0.3, 0.4) is 0 Å². The van der Waals surface area contributed by atoms with Crippen molar-refractivity contribution in [1.29, 1.82) is 0 Å². The highest BCUT2D eigenvalue weighted by atomic mass is 32.2. The maximum Gasteiger partial charge on any atom is 0.335 e. The predicted molar refractivity (Wildman–Crippen MR) is 116 cm³/mol. The first-order chi connectivity index (χ1) is 14.9. The van der Waals surface area contributed by atoms with Crippen molar-refractivity contribution in [2.75, 3.05) is 0 Å². The van der Waals surface area contributed by atoms with Crippen LogP contribution in [0.1, 0.15) is 32.7 Å². The van der Waals surface area contributed by atoms with Crippen molar-refractivity contribution in [2.45, 2.75) is 17.9 Å². The molecule has 3 aromatic rings. The molecule has 2 heterocycles. The fraction of sp³-hybridized carbons (Fsp3) is 0.0833. The zero-order chi connectivity index (χ0) is 21.8. The number of hydrogen-bond donors (Lipinski definition) is 1. The molecule has 7 heteroatoms. The second-order valence-corrected chi connectivity index (χ2v) is 8.80. The van der Waals surface area contributed by atoms with Crippen LogP contribution in [0.4, 0.5) is 0 Å². The Labute approximate surface area is 180 Å². The predicted octanol–water partition coefficient (Wildman–Crippen LogP) is 3.55. The van der Waals surface area contributed by atoms with Gasteiger partial charge in [-0.15, -0.1) is 0 Å². The van der Waals surface area contributed by atoms with Gasteiger partial charge in [-0.3, -0.25) is 4.31 Å². The summed E-state index contributed by atoms with van der Waals surface area (Å²) in [4.78, 5) is 15.4. The van der Waals surface area contributed by atoms with E-state index >= 15 is 0 Å². The van der Waals surface area contributed by atoms with Crippen LogP contribution in [0, 0.1) is 11.8 Å². The fourth-order valence-corrected chi connectivity index (χ4v) is 4.61. The minimum Gasteiger partial charge on any atom is -0.478 e. The van der Waals surface area contributed by atoms with Crippen LogP contribution in [0.25, 0.3) is 6.08 Å². The van der Waals surface area contributed by atoms with E-state index in [1.165, 1.54) is 34.9 Å². The molecule has 1 aromatic heterocycles. The number of carbonyl (C=O) groups is 1. The summed E-state index contributed by atoms with van der Waals surface area (Å²) in [6.07, 6.45) is 5.24. The zero-order valence-electron chi connectivity index (χ0n) is 16.4. The number of carboxylic acids is 1. The van der Waals surface area contributed by atoms with Crippen LogP contribution in [-0.4, -0.2) is 28.8 Å². The van der Waals surface area contributed by atoms with E-state index in [0.29, 0.717) is 23.2 Å². The Balaban J connectivity index is 1.56. The number of pyridine rings is 1. The highest BCUT2D eigenvalue weighted by Crippen LogP contribution is 2.28. The van der Waals surface area contributed by atoms with Crippen molar-refractivity contribution in [3.8, 4) is 11.8 Å². The molecule has 0 fully saturated rings. The van der Waals surface area contributed by atoms with Crippen molar-refractivity contribution in [2.24, 2.45) is 0 Å². The Kier molecular flexibility index (Phi) is 5.56. The van der Waals surface area contributed by atoms with E-state index < -0.39 is 16.0 Å². The Hall–Kier alpha value is -3.89. The molecule has 1 aliphatic rings. The lowest BCUT2D eigenvalue weighted by atomic mass is 10.1. The van der Waals surface area contributed by atoms with Gasteiger partial charge in [0.2, 0.25) is 0 Å². The average molecular weight is 430 g/mol. The summed E-state index contributed by atoms with van der Waals surface area (Å²) in [5.74, 6) is 4.94. The van der Waals surface area contributed by atoms with E-state index in [9.17, 15) is 13.2 Å². The van der Waals surface area contributed by atoms with E-state index in [1.54, 1.807) is 18.2 Å². The zero-order valence-corrected chi connectivity index (χ0v) is 17.2. The minimum absolute atomic E-state index is 0.0928. The van der Waals surface area contributed by atoms with E-state index in [-0.39, 0.29) is 17.0 Å². The number of fused-ring (bicyclic) bond motifs is 1. The maximum absolute atomic E-state index is 13.1. The van der Waals surface area contributed by atoms with Crippen molar-refractivity contribution >= 4 is 22.1 Å². The molecule has 0 atom stereocenters. The van der Waals surface area contributed by atoms with Crippen LogP contribution in [0.15, 0.2) is 78.0 Å². The highest BCUT2D eigenvalue weighted by molar-refractivity contribution is 7.89. The number of nitrogens with zero attached hydrogens (tertiary/aromatic N) is 2. The molecule has 0 amide bonds. The highest BCUT2D eigenvalue weighted by Gasteiger charge is 2.28. The number of sulfonamides is 1. The summed E-state index contributed by atoms with van der Waals surface area (Å²) >= 11 is 0. The summed E-state index contributed by atoms with van der Waals surface area (Å²) in [6, 6.07) is 17.4. The monoisotopic (exact) mass is 430 g/mol. The lowest BCUT2D eigenvalue weighted by molar-refractivity contribution is 0.0697. The largest absolute Gasteiger partial charge is 0.478 e. The Bertz CT molecular complexity index is 1320. The number of carboxylic acid groups (broad SMARTS) is 1. The van der Waals surface area contributed by atoms with Gasteiger partial charge in [0.15, 0.2) is 0 Å². The lowest BCUT2D eigenvalue weighted by Gasteiger charge is -2.25. The average Bonchev–Trinajstić information content (AvgIpc) is 2.77. The third-order valence-corrected chi connectivity index (χ3v) is 6.57. The minimum atomic E-state index is -3.78. The molecule has 0 saturated heterocycles. The van der Waals surface area contributed by atoms with Crippen molar-refractivity contribution in [3.05, 3.63) is 101 Å². The first-order valence-electron chi connectivity index (χ1n) is 9.48. The van der Waals surface area contributed by atoms with Gasteiger partial charge in [-0.05, 0) is 41.3 Å². The summed E-state index contributed by atoms with van der Waals surface area (Å²) < 4.78 is 27.5. The van der Waals surface area contributed by atoms with Gasteiger partial charge in [-0.25, -0.2) is 18.2 Å². The number of rotatable bonds is 4. The molecule has 0 unspecified atom stereocenters. The first-order valence-corrected chi connectivity index (χ1v) is 10.9. The summed E-state index contributed by atoms with van der Waals surface area (Å²) in [5.41, 5.74) is 2.79. The molecule has 0 aliphatic carbocycles. The molecule has 0 radical (unpaired) electrons. The summed E-state index contributed by atoms with van der Waals surface area (Å²) in [7, 11) is -3.78. The lowest BCUT2D eigenvalue weighted by Crippen LogP contribution is -2.28. The number of aromatic carboxylic acids is 1. The van der Waals surface area contributed by atoms with Crippen LogP contribution in [0.2, 0.25) is 0 Å². The standard InChI is InChI=1S/C24H18N2O4S/c27-24(28)20-11-9-19(10-12-20)17-26-14-13-21-16-25-22(15-23(21)31(26,29)30)8-4-7-18-5-2-1-3-6-18/h1-3,5-6,9-16H,7,17H2,(H,27,28). The number of hydrogen-bond acceptors (Lipinski definition) is 4. The molecular formula is C24H18N2O4S. The molecule has 1 N–H and O–H groups in total. The van der Waals surface area contributed by atoms with Gasteiger partial charge in [0.1, 0.15) is 5.69 Å². The van der Waals surface area contributed by atoms with Crippen molar-refractivity contribution in [3.63, 3.8) is 0 Å². The third-order valence-electron chi connectivity index (χ3n) is 4.79. The van der Waals surface area contributed by atoms with Gasteiger partial charge in [-0.1, -0.05) is 48.4 Å². The molecule has 0 saturated carbocycles. The molecule has 4 rings (SSSR count).